The minimum absolute atomic E-state index is 0.171. The van der Waals surface area contributed by atoms with Crippen LogP contribution in [0.15, 0.2) is 58.6 Å². The predicted octanol–water partition coefficient (Wildman–Crippen LogP) is 3.85. The molecule has 0 saturated carbocycles. The summed E-state index contributed by atoms with van der Waals surface area (Å²) in [6.45, 7) is 1.45. The molecular weight excluding hydrogens is 384 g/mol. The average Bonchev–Trinajstić information content (AvgIpc) is 2.61. The Morgan fingerprint density at radius 3 is 2.60 bits per heavy atom. The molecule has 0 radical (unpaired) electrons. The molecule has 0 fully saturated rings. The number of amides is 1. The van der Waals surface area contributed by atoms with Crippen molar-refractivity contribution in [3.63, 3.8) is 0 Å². The molecule has 0 aliphatic rings. The van der Waals surface area contributed by atoms with Crippen LogP contribution < -0.4 is 5.32 Å². The van der Waals surface area contributed by atoms with Crippen LogP contribution in [0.2, 0.25) is 0 Å². The Labute approximate surface area is 154 Å². The summed E-state index contributed by atoms with van der Waals surface area (Å²) in [4.78, 5) is 23.9. The molecule has 0 aliphatic heterocycles. The summed E-state index contributed by atoms with van der Waals surface area (Å²) < 4.78 is 5.64. The predicted molar refractivity (Wildman–Crippen MR) is 98.5 cm³/mol. The molecule has 2 aromatic rings. The van der Waals surface area contributed by atoms with Gasteiger partial charge in [0.15, 0.2) is 6.61 Å². The van der Waals surface area contributed by atoms with Gasteiger partial charge in [0.05, 0.1) is 5.69 Å². The van der Waals surface area contributed by atoms with Crippen molar-refractivity contribution >= 4 is 39.6 Å². The van der Waals surface area contributed by atoms with Crippen LogP contribution in [-0.4, -0.2) is 18.5 Å². The number of carbonyl (C=O) groups is 2. The molecule has 0 aliphatic carbocycles. The van der Waals surface area contributed by atoms with Crippen molar-refractivity contribution in [1.29, 1.82) is 5.26 Å². The third-order valence-corrected chi connectivity index (χ3v) is 3.84. The number of rotatable bonds is 5. The van der Waals surface area contributed by atoms with Crippen LogP contribution in [0.25, 0.3) is 6.08 Å². The minimum Gasteiger partial charge on any atom is -0.451 e. The highest BCUT2D eigenvalue weighted by Gasteiger charge is 2.14. The van der Waals surface area contributed by atoms with Gasteiger partial charge in [-0.1, -0.05) is 36.4 Å². The minimum atomic E-state index is -0.843. The summed E-state index contributed by atoms with van der Waals surface area (Å²) in [6.07, 6.45) is 1.41. The quantitative estimate of drug-likeness (QED) is 0.471. The Kier molecular flexibility index (Phi) is 6.49. The molecule has 0 atom stereocenters. The average molecular weight is 399 g/mol. The zero-order chi connectivity index (χ0) is 18.2. The van der Waals surface area contributed by atoms with E-state index in [9.17, 15) is 9.59 Å². The summed E-state index contributed by atoms with van der Waals surface area (Å²) in [5, 5.41) is 11.7. The number of aryl methyl sites for hydroxylation is 1. The van der Waals surface area contributed by atoms with Crippen molar-refractivity contribution in [3.8, 4) is 6.07 Å². The molecule has 0 unspecified atom stereocenters. The molecule has 0 spiro atoms. The van der Waals surface area contributed by atoms with E-state index in [-0.39, 0.29) is 5.57 Å². The van der Waals surface area contributed by atoms with Crippen LogP contribution in [0.5, 0.6) is 0 Å². The van der Waals surface area contributed by atoms with Crippen LogP contribution in [0, 0.1) is 18.3 Å². The molecule has 1 N–H and O–H groups in total. The molecule has 2 rings (SSSR count). The highest BCUT2D eigenvalue weighted by atomic mass is 79.9. The number of nitrogens with zero attached hydrogens (tertiary/aromatic N) is 1. The number of anilines is 1. The maximum absolute atomic E-state index is 11.9. The van der Waals surface area contributed by atoms with E-state index >= 15 is 0 Å². The van der Waals surface area contributed by atoms with Crippen molar-refractivity contribution in [2.24, 2.45) is 0 Å². The largest absolute Gasteiger partial charge is 0.451 e. The number of esters is 1. The molecule has 25 heavy (non-hydrogen) atoms. The molecule has 126 valence electrons. The second kappa shape index (κ2) is 8.81. The van der Waals surface area contributed by atoms with Crippen molar-refractivity contribution in [2.75, 3.05) is 11.9 Å². The first-order valence-electron chi connectivity index (χ1n) is 7.39. The van der Waals surface area contributed by atoms with Crippen molar-refractivity contribution in [3.05, 3.63) is 69.7 Å². The van der Waals surface area contributed by atoms with E-state index in [2.05, 4.69) is 21.2 Å². The number of nitrogens with one attached hydrogen (secondary N) is 1. The lowest BCUT2D eigenvalue weighted by Crippen LogP contribution is -2.21. The molecule has 0 heterocycles. The molecule has 2 aromatic carbocycles. The fourth-order valence-electron chi connectivity index (χ4n) is 1.97. The van der Waals surface area contributed by atoms with Gasteiger partial charge in [-0.05, 0) is 52.2 Å². The van der Waals surface area contributed by atoms with Crippen molar-refractivity contribution in [2.45, 2.75) is 6.92 Å². The highest BCUT2D eigenvalue weighted by Crippen LogP contribution is 2.23. The number of ether oxygens (including phenoxy) is 1. The summed E-state index contributed by atoms with van der Waals surface area (Å²) in [5.41, 5.74) is 2.15. The topological polar surface area (TPSA) is 79.2 Å². The summed E-state index contributed by atoms with van der Waals surface area (Å²) in [6, 6.07) is 16.2. The number of halogens is 1. The van der Waals surface area contributed by atoms with Gasteiger partial charge in [-0.25, -0.2) is 4.79 Å². The third-order valence-electron chi connectivity index (χ3n) is 3.18. The fourth-order valence-corrected chi connectivity index (χ4v) is 2.56. The van der Waals surface area contributed by atoms with E-state index in [0.29, 0.717) is 11.3 Å². The Morgan fingerprint density at radius 2 is 1.96 bits per heavy atom. The first-order chi connectivity index (χ1) is 12.0. The van der Waals surface area contributed by atoms with Gasteiger partial charge in [0.25, 0.3) is 5.91 Å². The first-order valence-corrected chi connectivity index (χ1v) is 8.19. The lowest BCUT2D eigenvalue weighted by molar-refractivity contribution is -0.142. The lowest BCUT2D eigenvalue weighted by atomic mass is 10.1. The fraction of sp³-hybridized carbons (Fsp3) is 0.105. The number of hydrogen-bond acceptors (Lipinski definition) is 4. The zero-order valence-electron chi connectivity index (χ0n) is 13.5. The molecule has 1 amide bonds. The molecule has 5 nitrogen and oxygen atoms in total. The summed E-state index contributed by atoms with van der Waals surface area (Å²) >= 11 is 3.35. The number of nitriles is 1. The van der Waals surface area contributed by atoms with E-state index in [4.69, 9.17) is 10.00 Å². The van der Waals surface area contributed by atoms with Gasteiger partial charge in [0.2, 0.25) is 0 Å². The molecule has 6 heteroatoms. The van der Waals surface area contributed by atoms with Crippen LogP contribution in [0.3, 0.4) is 0 Å². The van der Waals surface area contributed by atoms with Crippen LogP contribution in [-0.2, 0) is 14.3 Å². The van der Waals surface area contributed by atoms with E-state index in [0.717, 1.165) is 10.0 Å². The zero-order valence-corrected chi connectivity index (χ0v) is 15.0. The highest BCUT2D eigenvalue weighted by molar-refractivity contribution is 9.10. The maximum atomic E-state index is 11.9. The third kappa shape index (κ3) is 5.59. The lowest BCUT2D eigenvalue weighted by Gasteiger charge is -2.08. The first kappa shape index (κ1) is 18.4. The van der Waals surface area contributed by atoms with Crippen LogP contribution >= 0.6 is 15.9 Å². The molecule has 0 bridgehead atoms. The van der Waals surface area contributed by atoms with E-state index in [1.54, 1.807) is 36.4 Å². The second-order valence-corrected chi connectivity index (χ2v) is 6.04. The van der Waals surface area contributed by atoms with Crippen molar-refractivity contribution < 1.29 is 14.3 Å². The normalized spacial score (nSPS) is 10.7. The van der Waals surface area contributed by atoms with Gasteiger partial charge < -0.3 is 10.1 Å². The van der Waals surface area contributed by atoms with Gasteiger partial charge in [-0.3, -0.25) is 4.79 Å². The van der Waals surface area contributed by atoms with Gasteiger partial charge in [0.1, 0.15) is 11.6 Å². The van der Waals surface area contributed by atoms with E-state index < -0.39 is 18.5 Å². The second-order valence-electron chi connectivity index (χ2n) is 5.19. The SMILES string of the molecule is Cc1ccc(NC(=O)COC(=O)/C(C#N)=C\c2ccccc2)c(Br)c1. The summed E-state index contributed by atoms with van der Waals surface area (Å²) in [5.74, 6) is -1.33. The molecule has 0 aromatic heterocycles. The van der Waals surface area contributed by atoms with Crippen LogP contribution in [0.1, 0.15) is 11.1 Å². The van der Waals surface area contributed by atoms with E-state index in [1.807, 2.05) is 25.1 Å². The Morgan fingerprint density at radius 1 is 1.24 bits per heavy atom. The Bertz CT molecular complexity index is 855. The van der Waals surface area contributed by atoms with Gasteiger partial charge in [0, 0.05) is 4.47 Å². The molecule has 0 saturated heterocycles. The van der Waals surface area contributed by atoms with Crippen molar-refractivity contribution in [1.82, 2.24) is 0 Å². The molecular formula is C19H15BrN2O3. The van der Waals surface area contributed by atoms with Gasteiger partial charge in [-0.15, -0.1) is 0 Å². The standard InChI is InChI=1S/C19H15BrN2O3/c1-13-7-8-17(16(20)9-13)22-18(23)12-25-19(24)15(11-21)10-14-5-3-2-4-6-14/h2-10H,12H2,1H3,(H,22,23)/b15-10-. The van der Waals surface area contributed by atoms with Gasteiger partial charge >= 0.3 is 5.97 Å². The number of hydrogen-bond donors (Lipinski definition) is 1. The van der Waals surface area contributed by atoms with Crippen LogP contribution in [0.4, 0.5) is 5.69 Å². The monoisotopic (exact) mass is 398 g/mol. The maximum Gasteiger partial charge on any atom is 0.349 e. The number of carbonyl (C=O) groups excluding carboxylic acids is 2. The number of benzene rings is 2. The Hall–Kier alpha value is -2.91. The summed E-state index contributed by atoms with van der Waals surface area (Å²) in [7, 11) is 0. The van der Waals surface area contributed by atoms with E-state index in [1.165, 1.54) is 6.08 Å². The van der Waals surface area contributed by atoms with Gasteiger partial charge in [-0.2, -0.15) is 5.26 Å². The Balaban J connectivity index is 1.95. The smallest absolute Gasteiger partial charge is 0.349 e.